The Bertz CT molecular complexity index is 1160. The number of unbranched alkanes of at least 4 members (excludes halogenated alkanes) is 1. The third-order valence-corrected chi connectivity index (χ3v) is 4.94. The Balaban J connectivity index is 1.79. The van der Waals surface area contributed by atoms with Crippen molar-refractivity contribution >= 4 is 33.7 Å². The van der Waals surface area contributed by atoms with E-state index >= 15 is 0 Å². The van der Waals surface area contributed by atoms with Crippen LogP contribution in [0, 0.1) is 13.8 Å². The first-order chi connectivity index (χ1) is 13.5. The quantitative estimate of drug-likeness (QED) is 0.520. The predicted molar refractivity (Wildman–Crippen MR) is 114 cm³/mol. The summed E-state index contributed by atoms with van der Waals surface area (Å²) < 4.78 is 1.91. The number of carbonyl (C=O) groups is 1. The molecule has 0 saturated heterocycles. The standard InChI is InChI=1S/C23H24N4O/c1-4-5-12-27-22-19(14-18-13-16(3)8-11-20(18)24-22)21(26-27)25-23(28)17-9-6-15(2)7-10-17/h6-11,13-14H,4-5,12H2,1-3H3,(H,25,26,28). The number of fused-ring (bicyclic) bond motifs is 2. The van der Waals surface area contributed by atoms with Gasteiger partial charge in [-0.3, -0.25) is 4.79 Å². The van der Waals surface area contributed by atoms with Crippen LogP contribution in [0.4, 0.5) is 5.82 Å². The summed E-state index contributed by atoms with van der Waals surface area (Å²) in [5.41, 5.74) is 4.66. The monoisotopic (exact) mass is 372 g/mol. The fraction of sp³-hybridized carbons (Fsp3) is 0.261. The van der Waals surface area contributed by atoms with Crippen molar-refractivity contribution in [2.24, 2.45) is 0 Å². The van der Waals surface area contributed by atoms with Crippen LogP contribution in [0.2, 0.25) is 0 Å². The number of hydrogen-bond acceptors (Lipinski definition) is 3. The van der Waals surface area contributed by atoms with Gasteiger partial charge in [0, 0.05) is 17.5 Å². The highest BCUT2D eigenvalue weighted by Crippen LogP contribution is 2.27. The van der Waals surface area contributed by atoms with Gasteiger partial charge in [0.15, 0.2) is 11.5 Å². The topological polar surface area (TPSA) is 59.8 Å². The van der Waals surface area contributed by atoms with Gasteiger partial charge in [-0.1, -0.05) is 42.7 Å². The highest BCUT2D eigenvalue weighted by atomic mass is 16.1. The van der Waals surface area contributed by atoms with E-state index in [1.54, 1.807) is 0 Å². The van der Waals surface area contributed by atoms with Crippen molar-refractivity contribution in [1.82, 2.24) is 14.8 Å². The number of pyridine rings is 1. The third kappa shape index (κ3) is 3.48. The Morgan fingerprint density at radius 1 is 1.04 bits per heavy atom. The molecule has 5 heteroatoms. The summed E-state index contributed by atoms with van der Waals surface area (Å²) in [7, 11) is 0. The van der Waals surface area contributed by atoms with Gasteiger partial charge in [0.05, 0.1) is 10.9 Å². The normalized spacial score (nSPS) is 11.2. The van der Waals surface area contributed by atoms with Crippen LogP contribution in [0.1, 0.15) is 41.3 Å². The zero-order chi connectivity index (χ0) is 19.7. The smallest absolute Gasteiger partial charge is 0.256 e. The molecule has 0 aliphatic heterocycles. The number of nitrogens with zero attached hydrogens (tertiary/aromatic N) is 3. The lowest BCUT2D eigenvalue weighted by Crippen LogP contribution is -2.13. The van der Waals surface area contributed by atoms with E-state index in [4.69, 9.17) is 4.98 Å². The van der Waals surface area contributed by atoms with E-state index in [0.717, 1.165) is 46.9 Å². The van der Waals surface area contributed by atoms with Gasteiger partial charge in [-0.15, -0.1) is 0 Å². The summed E-state index contributed by atoms with van der Waals surface area (Å²) in [6.07, 6.45) is 2.08. The number of anilines is 1. The second kappa shape index (κ2) is 7.43. The van der Waals surface area contributed by atoms with Crippen molar-refractivity contribution in [2.45, 2.75) is 40.2 Å². The first-order valence-electron chi connectivity index (χ1n) is 9.71. The van der Waals surface area contributed by atoms with E-state index in [9.17, 15) is 4.79 Å². The molecular formula is C23H24N4O. The van der Waals surface area contributed by atoms with Crippen molar-refractivity contribution < 1.29 is 4.79 Å². The molecule has 0 spiro atoms. The maximum Gasteiger partial charge on any atom is 0.256 e. The molecule has 2 aromatic carbocycles. The van der Waals surface area contributed by atoms with Crippen LogP contribution in [0.25, 0.3) is 21.9 Å². The molecule has 1 N–H and O–H groups in total. The summed E-state index contributed by atoms with van der Waals surface area (Å²) in [6, 6.07) is 15.8. The molecule has 5 nitrogen and oxygen atoms in total. The second-order valence-electron chi connectivity index (χ2n) is 7.30. The summed E-state index contributed by atoms with van der Waals surface area (Å²) in [4.78, 5) is 17.6. The third-order valence-electron chi connectivity index (χ3n) is 4.94. The highest BCUT2D eigenvalue weighted by Gasteiger charge is 2.16. The molecule has 1 amide bonds. The maximum absolute atomic E-state index is 12.7. The molecule has 0 atom stereocenters. The summed E-state index contributed by atoms with van der Waals surface area (Å²) in [5.74, 6) is 0.402. The van der Waals surface area contributed by atoms with E-state index in [2.05, 4.69) is 42.5 Å². The lowest BCUT2D eigenvalue weighted by molar-refractivity contribution is 0.102. The number of aryl methyl sites for hydroxylation is 3. The van der Waals surface area contributed by atoms with Gasteiger partial charge in [0.2, 0.25) is 0 Å². The van der Waals surface area contributed by atoms with Crippen LogP contribution >= 0.6 is 0 Å². The molecule has 0 saturated carbocycles. The van der Waals surface area contributed by atoms with Crippen LogP contribution in [0.15, 0.2) is 48.5 Å². The van der Waals surface area contributed by atoms with E-state index in [1.807, 2.05) is 41.9 Å². The second-order valence-corrected chi connectivity index (χ2v) is 7.30. The molecular weight excluding hydrogens is 348 g/mol. The van der Waals surface area contributed by atoms with Gasteiger partial charge in [0.25, 0.3) is 5.91 Å². The molecule has 0 fully saturated rings. The largest absolute Gasteiger partial charge is 0.305 e. The average Bonchev–Trinajstić information content (AvgIpc) is 3.01. The van der Waals surface area contributed by atoms with Gasteiger partial charge >= 0.3 is 0 Å². The Morgan fingerprint density at radius 2 is 1.79 bits per heavy atom. The van der Waals surface area contributed by atoms with Crippen molar-refractivity contribution in [3.05, 3.63) is 65.2 Å². The minimum Gasteiger partial charge on any atom is -0.305 e. The molecule has 2 heterocycles. The zero-order valence-electron chi connectivity index (χ0n) is 16.5. The molecule has 0 aliphatic rings. The van der Waals surface area contributed by atoms with E-state index in [-0.39, 0.29) is 5.91 Å². The first-order valence-corrected chi connectivity index (χ1v) is 9.71. The molecule has 0 aliphatic carbocycles. The molecule has 142 valence electrons. The molecule has 0 bridgehead atoms. The lowest BCUT2D eigenvalue weighted by atomic mass is 10.1. The molecule has 0 unspecified atom stereocenters. The number of carbonyl (C=O) groups excluding carboxylic acids is 1. The van der Waals surface area contributed by atoms with Crippen LogP contribution in [-0.4, -0.2) is 20.7 Å². The number of aromatic nitrogens is 3. The van der Waals surface area contributed by atoms with E-state index in [1.165, 1.54) is 5.56 Å². The lowest BCUT2D eigenvalue weighted by Gasteiger charge is -2.04. The van der Waals surface area contributed by atoms with Crippen LogP contribution < -0.4 is 5.32 Å². The number of amides is 1. The van der Waals surface area contributed by atoms with Crippen LogP contribution in [-0.2, 0) is 6.54 Å². The number of nitrogens with one attached hydrogen (secondary N) is 1. The summed E-state index contributed by atoms with van der Waals surface area (Å²) in [5, 5.41) is 9.58. The molecule has 0 radical (unpaired) electrons. The maximum atomic E-state index is 12.7. The minimum absolute atomic E-state index is 0.161. The van der Waals surface area contributed by atoms with Crippen LogP contribution in [0.5, 0.6) is 0 Å². The fourth-order valence-corrected chi connectivity index (χ4v) is 3.32. The first kappa shape index (κ1) is 18.2. The van der Waals surface area contributed by atoms with Gasteiger partial charge in [-0.05, 0) is 50.6 Å². The average molecular weight is 372 g/mol. The van der Waals surface area contributed by atoms with Crippen molar-refractivity contribution in [3.63, 3.8) is 0 Å². The van der Waals surface area contributed by atoms with Crippen molar-refractivity contribution in [2.75, 3.05) is 5.32 Å². The highest BCUT2D eigenvalue weighted by molar-refractivity contribution is 6.08. The van der Waals surface area contributed by atoms with Crippen molar-refractivity contribution in [3.8, 4) is 0 Å². The summed E-state index contributed by atoms with van der Waals surface area (Å²) in [6.45, 7) is 6.99. The molecule has 4 aromatic rings. The number of rotatable bonds is 5. The van der Waals surface area contributed by atoms with Gasteiger partial charge in [-0.25, -0.2) is 9.67 Å². The van der Waals surface area contributed by atoms with Gasteiger partial charge < -0.3 is 5.32 Å². The Morgan fingerprint density at radius 3 is 2.54 bits per heavy atom. The summed E-state index contributed by atoms with van der Waals surface area (Å²) >= 11 is 0. The zero-order valence-corrected chi connectivity index (χ0v) is 16.5. The van der Waals surface area contributed by atoms with Gasteiger partial charge in [0.1, 0.15) is 0 Å². The SMILES string of the molecule is CCCCn1nc(NC(=O)c2ccc(C)cc2)c2cc3cc(C)ccc3nc21. The Hall–Kier alpha value is -3.21. The number of hydrogen-bond donors (Lipinski definition) is 1. The van der Waals surface area contributed by atoms with E-state index < -0.39 is 0 Å². The Kier molecular flexibility index (Phi) is 4.82. The van der Waals surface area contributed by atoms with Gasteiger partial charge in [-0.2, -0.15) is 5.10 Å². The van der Waals surface area contributed by atoms with Crippen molar-refractivity contribution in [1.29, 1.82) is 0 Å². The molecule has 28 heavy (non-hydrogen) atoms. The van der Waals surface area contributed by atoms with Crippen LogP contribution in [0.3, 0.4) is 0 Å². The minimum atomic E-state index is -0.161. The molecule has 4 rings (SSSR count). The molecule has 2 aromatic heterocycles. The fourth-order valence-electron chi connectivity index (χ4n) is 3.32. The van der Waals surface area contributed by atoms with E-state index in [0.29, 0.717) is 11.4 Å². The number of benzene rings is 2. The Labute approximate surface area is 164 Å². The predicted octanol–water partition coefficient (Wildman–Crippen LogP) is 5.25.